The Morgan fingerprint density at radius 3 is 2.15 bits per heavy atom. The molecule has 0 rings (SSSR count). The molecule has 0 nitrogen and oxygen atoms in total. The zero-order valence-corrected chi connectivity index (χ0v) is 9.65. The summed E-state index contributed by atoms with van der Waals surface area (Å²) < 4.78 is 0. The third-order valence-electron chi connectivity index (χ3n) is 2.38. The van der Waals surface area contributed by atoms with Crippen LogP contribution in [-0.4, -0.2) is 0 Å². The summed E-state index contributed by atoms with van der Waals surface area (Å²) >= 11 is 0. The lowest BCUT2D eigenvalue weighted by molar-refractivity contribution is 0.994. The van der Waals surface area contributed by atoms with E-state index < -0.39 is 0 Å². The predicted molar refractivity (Wildman–Crippen MR) is 61.9 cm³/mol. The Labute approximate surface area is 83.0 Å². The molecule has 0 amide bonds. The van der Waals surface area contributed by atoms with Crippen LogP contribution in [0, 0.1) is 0 Å². The van der Waals surface area contributed by atoms with Crippen molar-refractivity contribution in [2.45, 2.75) is 47.5 Å². The van der Waals surface area contributed by atoms with Crippen molar-refractivity contribution in [2.24, 2.45) is 0 Å². The molecular formula is C13H22. The Bertz CT molecular complexity index is 226. The molecule has 0 heterocycles. The molecule has 13 heavy (non-hydrogen) atoms. The van der Waals surface area contributed by atoms with Crippen molar-refractivity contribution in [3.05, 3.63) is 34.9 Å². The van der Waals surface area contributed by atoms with Gasteiger partial charge in [0.1, 0.15) is 0 Å². The van der Waals surface area contributed by atoms with Gasteiger partial charge in [-0.2, -0.15) is 0 Å². The number of allylic oxidation sites excluding steroid dienone is 6. The van der Waals surface area contributed by atoms with Crippen LogP contribution in [0.2, 0.25) is 0 Å². The smallest absolute Gasteiger partial charge is 0.0108 e. The summed E-state index contributed by atoms with van der Waals surface area (Å²) in [6.45, 7) is 10.9. The zero-order valence-electron chi connectivity index (χ0n) is 9.65. The van der Waals surface area contributed by atoms with E-state index in [0.29, 0.717) is 0 Å². The first-order valence-electron chi connectivity index (χ1n) is 5.05. The van der Waals surface area contributed by atoms with Gasteiger partial charge in [-0.1, -0.05) is 41.9 Å². The molecule has 0 aromatic heterocycles. The van der Waals surface area contributed by atoms with Crippen molar-refractivity contribution >= 4 is 0 Å². The highest BCUT2D eigenvalue weighted by Crippen LogP contribution is 2.15. The third-order valence-corrected chi connectivity index (χ3v) is 2.38. The first-order valence-corrected chi connectivity index (χ1v) is 5.05. The van der Waals surface area contributed by atoms with Crippen molar-refractivity contribution in [2.75, 3.05) is 0 Å². The van der Waals surface area contributed by atoms with Crippen molar-refractivity contribution < 1.29 is 0 Å². The van der Waals surface area contributed by atoms with E-state index in [4.69, 9.17) is 0 Å². The number of hydrogen-bond donors (Lipinski definition) is 0. The van der Waals surface area contributed by atoms with Crippen LogP contribution in [-0.2, 0) is 0 Å². The molecule has 0 saturated carbocycles. The zero-order chi connectivity index (χ0) is 10.3. The molecule has 0 fully saturated rings. The molecule has 0 aliphatic rings. The molecule has 0 aromatic rings. The highest BCUT2D eigenvalue weighted by molar-refractivity contribution is 5.20. The summed E-state index contributed by atoms with van der Waals surface area (Å²) in [4.78, 5) is 0. The first-order chi connectivity index (χ1) is 6.11. The van der Waals surface area contributed by atoms with Crippen molar-refractivity contribution in [3.63, 3.8) is 0 Å². The largest absolute Gasteiger partial charge is 0.0877 e. The fraction of sp³-hybridized carbons (Fsp3) is 0.538. The van der Waals surface area contributed by atoms with E-state index in [0.717, 1.165) is 6.42 Å². The van der Waals surface area contributed by atoms with E-state index in [1.807, 2.05) is 6.92 Å². The van der Waals surface area contributed by atoms with Crippen LogP contribution in [0.3, 0.4) is 0 Å². The molecule has 0 aliphatic carbocycles. The molecule has 0 atom stereocenters. The molecule has 0 N–H and O–H groups in total. The lowest BCUT2D eigenvalue weighted by atomic mass is 10.0. The Balaban J connectivity index is 4.28. The van der Waals surface area contributed by atoms with Gasteiger partial charge in [0, 0.05) is 0 Å². The fourth-order valence-electron chi connectivity index (χ4n) is 1.19. The average molecular weight is 178 g/mol. The van der Waals surface area contributed by atoms with E-state index in [9.17, 15) is 0 Å². The van der Waals surface area contributed by atoms with Gasteiger partial charge in [-0.15, -0.1) is 0 Å². The minimum absolute atomic E-state index is 1.12. The topological polar surface area (TPSA) is 0 Å². The van der Waals surface area contributed by atoms with Crippen LogP contribution in [0.15, 0.2) is 34.9 Å². The van der Waals surface area contributed by atoms with Gasteiger partial charge < -0.3 is 0 Å². The maximum absolute atomic E-state index is 2.23. The van der Waals surface area contributed by atoms with E-state index in [-0.39, 0.29) is 0 Å². The second kappa shape index (κ2) is 6.71. The first kappa shape index (κ1) is 12.2. The number of rotatable bonds is 4. The third kappa shape index (κ3) is 5.46. The maximum atomic E-state index is 2.23. The Kier molecular flexibility index (Phi) is 6.30. The molecule has 0 heteroatoms. The van der Waals surface area contributed by atoms with Crippen LogP contribution in [0.5, 0.6) is 0 Å². The quantitative estimate of drug-likeness (QED) is 0.434. The molecule has 0 aliphatic heterocycles. The standard InChI is InChI=1S/C13H22/c1-6-8-9-11(3)10-13(5)12(4)7-2/h6,8-9H,7,10H2,1-5H3. The molecule has 0 saturated heterocycles. The summed E-state index contributed by atoms with van der Waals surface area (Å²) in [6, 6.07) is 0. The molecule has 0 radical (unpaired) electrons. The molecule has 0 unspecified atom stereocenters. The average Bonchev–Trinajstić information content (AvgIpc) is 2.13. The SMILES string of the molecule is CC=CC=C(C)CC(C)=C(C)CC. The highest BCUT2D eigenvalue weighted by atomic mass is 14.0. The van der Waals surface area contributed by atoms with Crippen LogP contribution in [0.4, 0.5) is 0 Å². The van der Waals surface area contributed by atoms with E-state index in [1.165, 1.54) is 23.1 Å². The minimum Gasteiger partial charge on any atom is -0.0877 e. The predicted octanol–water partition coefficient (Wildman–Crippen LogP) is 4.65. The Hall–Kier alpha value is -0.780. The highest BCUT2D eigenvalue weighted by Gasteiger charge is 1.95. The van der Waals surface area contributed by atoms with Crippen LogP contribution >= 0.6 is 0 Å². The number of hydrogen-bond acceptors (Lipinski definition) is 0. The van der Waals surface area contributed by atoms with Crippen LogP contribution in [0.25, 0.3) is 0 Å². The van der Waals surface area contributed by atoms with Crippen molar-refractivity contribution in [1.29, 1.82) is 0 Å². The summed E-state index contributed by atoms with van der Waals surface area (Å²) in [5, 5.41) is 0. The monoisotopic (exact) mass is 178 g/mol. The summed E-state index contributed by atoms with van der Waals surface area (Å²) in [5.74, 6) is 0. The van der Waals surface area contributed by atoms with E-state index in [2.05, 4.69) is 45.9 Å². The second-order valence-corrected chi connectivity index (χ2v) is 3.63. The van der Waals surface area contributed by atoms with Gasteiger partial charge in [0.15, 0.2) is 0 Å². The van der Waals surface area contributed by atoms with Gasteiger partial charge in [0.2, 0.25) is 0 Å². The Morgan fingerprint density at radius 2 is 1.69 bits per heavy atom. The summed E-state index contributed by atoms with van der Waals surface area (Å²) in [7, 11) is 0. The maximum Gasteiger partial charge on any atom is -0.0108 e. The van der Waals surface area contributed by atoms with Crippen LogP contribution < -0.4 is 0 Å². The van der Waals surface area contributed by atoms with Gasteiger partial charge in [-0.3, -0.25) is 0 Å². The molecule has 0 bridgehead atoms. The van der Waals surface area contributed by atoms with Gasteiger partial charge in [-0.25, -0.2) is 0 Å². The fourth-order valence-corrected chi connectivity index (χ4v) is 1.19. The van der Waals surface area contributed by atoms with Crippen LogP contribution in [0.1, 0.15) is 47.5 Å². The molecule has 74 valence electrons. The summed E-state index contributed by atoms with van der Waals surface area (Å²) in [6.07, 6.45) is 8.64. The molecule has 0 aromatic carbocycles. The van der Waals surface area contributed by atoms with Crippen molar-refractivity contribution in [1.82, 2.24) is 0 Å². The van der Waals surface area contributed by atoms with Gasteiger partial charge in [0.25, 0.3) is 0 Å². The van der Waals surface area contributed by atoms with E-state index >= 15 is 0 Å². The van der Waals surface area contributed by atoms with Crippen molar-refractivity contribution in [3.8, 4) is 0 Å². The second-order valence-electron chi connectivity index (χ2n) is 3.63. The summed E-state index contributed by atoms with van der Waals surface area (Å²) in [5.41, 5.74) is 4.47. The van der Waals surface area contributed by atoms with Gasteiger partial charge in [-0.05, 0) is 40.5 Å². The lowest BCUT2D eigenvalue weighted by Gasteiger charge is -2.05. The molecular weight excluding hydrogens is 156 g/mol. The van der Waals surface area contributed by atoms with Gasteiger partial charge >= 0.3 is 0 Å². The molecule has 0 spiro atoms. The minimum atomic E-state index is 1.12. The Morgan fingerprint density at radius 1 is 1.08 bits per heavy atom. The van der Waals surface area contributed by atoms with E-state index in [1.54, 1.807) is 0 Å². The lowest BCUT2D eigenvalue weighted by Crippen LogP contribution is -1.85. The normalized spacial score (nSPS) is 15.0. The van der Waals surface area contributed by atoms with Gasteiger partial charge in [0.05, 0.1) is 0 Å².